The molecule has 0 bridgehead atoms. The summed E-state index contributed by atoms with van der Waals surface area (Å²) in [5.41, 5.74) is 0. The van der Waals surface area contributed by atoms with Crippen molar-refractivity contribution in [3.63, 3.8) is 0 Å². The smallest absolute Gasteiger partial charge is 0.432 e. The molecule has 1 rings (SSSR count). The molecule has 6 heteroatoms. The first-order valence-corrected chi connectivity index (χ1v) is 6.12. The van der Waals surface area contributed by atoms with E-state index in [0.717, 1.165) is 6.42 Å². The summed E-state index contributed by atoms with van der Waals surface area (Å²) in [6.45, 7) is 3.78. The van der Waals surface area contributed by atoms with Gasteiger partial charge in [-0.3, -0.25) is 9.59 Å². The number of nitrogens with one attached hydrogen (secondary N) is 1. The van der Waals surface area contributed by atoms with Gasteiger partial charge in [-0.15, -0.1) is 0 Å². The highest BCUT2D eigenvalue weighted by Gasteiger charge is 2.24. The fraction of sp³-hybridized carbons (Fsp3) is 0.750. The van der Waals surface area contributed by atoms with Crippen LogP contribution >= 0.6 is 0 Å². The molecule has 1 fully saturated rings. The Morgan fingerprint density at radius 1 is 1.44 bits per heavy atom. The molecular weight excluding hydrogens is 238 g/mol. The molecule has 0 unspecified atom stereocenters. The molecule has 18 heavy (non-hydrogen) atoms. The van der Waals surface area contributed by atoms with Gasteiger partial charge in [-0.1, -0.05) is 0 Å². The van der Waals surface area contributed by atoms with E-state index in [1.54, 1.807) is 13.8 Å². The molecule has 0 aromatic carbocycles. The molecule has 102 valence electrons. The van der Waals surface area contributed by atoms with Crippen LogP contribution in [0.1, 0.15) is 33.1 Å². The van der Waals surface area contributed by atoms with Gasteiger partial charge in [0.25, 0.3) is 0 Å². The van der Waals surface area contributed by atoms with E-state index >= 15 is 0 Å². The van der Waals surface area contributed by atoms with Gasteiger partial charge in [0.1, 0.15) is 0 Å². The lowest BCUT2D eigenvalue weighted by Gasteiger charge is -2.09. The quantitative estimate of drug-likeness (QED) is 0.719. The van der Waals surface area contributed by atoms with Crippen molar-refractivity contribution in [2.45, 2.75) is 39.2 Å². The minimum absolute atomic E-state index is 0.00272. The summed E-state index contributed by atoms with van der Waals surface area (Å²) < 4.78 is 9.36. The van der Waals surface area contributed by atoms with E-state index in [1.807, 2.05) is 0 Å². The maximum atomic E-state index is 11.4. The summed E-state index contributed by atoms with van der Waals surface area (Å²) in [7, 11) is 0. The summed E-state index contributed by atoms with van der Waals surface area (Å²) in [6.07, 6.45) is 0.412. The van der Waals surface area contributed by atoms with Gasteiger partial charge >= 0.3 is 6.16 Å². The lowest BCUT2D eigenvalue weighted by molar-refractivity contribution is -0.124. The summed E-state index contributed by atoms with van der Waals surface area (Å²) in [5, 5.41) is 2.71. The molecule has 1 atom stereocenters. The molecule has 0 aromatic heterocycles. The molecular formula is C12H19NO5. The normalized spacial score (nSPS) is 18.6. The number of amides is 1. The highest BCUT2D eigenvalue weighted by molar-refractivity contribution is 5.84. The SMILES string of the molecule is CC(C)OC(=O)OCC(=O)CC[C@H]1CCNC1=O. The highest BCUT2D eigenvalue weighted by atomic mass is 16.7. The first-order chi connectivity index (χ1) is 8.49. The number of Topliss-reactive ketones (excluding diaryl/α,β-unsaturated/α-hetero) is 1. The standard InChI is InChI=1S/C12H19NO5/c1-8(2)18-12(16)17-7-10(14)4-3-9-5-6-13-11(9)15/h8-9H,3-7H2,1-2H3,(H,13,15)/t9-/m0/s1. The zero-order valence-corrected chi connectivity index (χ0v) is 10.7. The fourth-order valence-electron chi connectivity index (χ4n) is 1.69. The zero-order valence-electron chi connectivity index (χ0n) is 10.7. The van der Waals surface area contributed by atoms with Crippen molar-refractivity contribution < 1.29 is 23.9 Å². The molecule has 6 nitrogen and oxygen atoms in total. The first kappa shape index (κ1) is 14.5. The third kappa shape index (κ3) is 5.16. The summed E-state index contributed by atoms with van der Waals surface area (Å²) in [5.74, 6) is -0.282. The van der Waals surface area contributed by atoms with Crippen molar-refractivity contribution >= 4 is 17.8 Å². The molecule has 1 amide bonds. The van der Waals surface area contributed by atoms with E-state index < -0.39 is 6.16 Å². The van der Waals surface area contributed by atoms with Gasteiger partial charge in [-0.2, -0.15) is 0 Å². The molecule has 0 spiro atoms. The Hall–Kier alpha value is -1.59. The van der Waals surface area contributed by atoms with E-state index in [-0.39, 0.29) is 36.7 Å². The van der Waals surface area contributed by atoms with E-state index in [4.69, 9.17) is 4.74 Å². The van der Waals surface area contributed by atoms with Crippen LogP contribution in [-0.2, 0) is 19.1 Å². The van der Waals surface area contributed by atoms with E-state index in [9.17, 15) is 14.4 Å². The molecule has 0 saturated carbocycles. The van der Waals surface area contributed by atoms with Crippen LogP contribution in [-0.4, -0.2) is 37.1 Å². The maximum Gasteiger partial charge on any atom is 0.508 e. The summed E-state index contributed by atoms with van der Waals surface area (Å²) in [6, 6.07) is 0. The number of carbonyl (C=O) groups excluding carboxylic acids is 3. The van der Waals surface area contributed by atoms with Gasteiger partial charge in [0.15, 0.2) is 12.4 Å². The van der Waals surface area contributed by atoms with Gasteiger partial charge in [0, 0.05) is 18.9 Å². The van der Waals surface area contributed by atoms with Crippen molar-refractivity contribution in [1.82, 2.24) is 5.32 Å². The maximum absolute atomic E-state index is 11.4. The van der Waals surface area contributed by atoms with Crippen molar-refractivity contribution in [3.8, 4) is 0 Å². The number of rotatable bonds is 6. The molecule has 1 aliphatic rings. The largest absolute Gasteiger partial charge is 0.508 e. The molecule has 0 aromatic rings. The van der Waals surface area contributed by atoms with Gasteiger partial charge in [-0.25, -0.2) is 4.79 Å². The Bertz CT molecular complexity index is 326. The Morgan fingerprint density at radius 2 is 2.17 bits per heavy atom. The summed E-state index contributed by atoms with van der Waals surface area (Å²) in [4.78, 5) is 33.7. The Morgan fingerprint density at radius 3 is 2.72 bits per heavy atom. The lowest BCUT2D eigenvalue weighted by Crippen LogP contribution is -2.21. The predicted molar refractivity (Wildman–Crippen MR) is 62.9 cm³/mol. The highest BCUT2D eigenvalue weighted by Crippen LogP contribution is 2.15. The van der Waals surface area contributed by atoms with Crippen molar-refractivity contribution in [2.75, 3.05) is 13.2 Å². The van der Waals surface area contributed by atoms with Crippen LogP contribution in [0.5, 0.6) is 0 Å². The number of hydrogen-bond donors (Lipinski definition) is 1. The minimum Gasteiger partial charge on any atom is -0.432 e. The topological polar surface area (TPSA) is 81.7 Å². The van der Waals surface area contributed by atoms with Crippen LogP contribution in [0, 0.1) is 5.92 Å². The average molecular weight is 257 g/mol. The Labute approximate surface area is 106 Å². The van der Waals surface area contributed by atoms with Crippen LogP contribution in [0.4, 0.5) is 4.79 Å². The molecule has 1 heterocycles. The number of ketones is 1. The second-order valence-electron chi connectivity index (χ2n) is 4.56. The third-order valence-electron chi connectivity index (χ3n) is 2.62. The predicted octanol–water partition coefficient (Wildman–Crippen LogP) is 1.03. The second kappa shape index (κ2) is 6.98. The van der Waals surface area contributed by atoms with E-state index in [1.165, 1.54) is 0 Å². The molecule has 0 aliphatic carbocycles. The molecule has 1 saturated heterocycles. The van der Waals surface area contributed by atoms with Gasteiger partial charge in [0.05, 0.1) is 6.10 Å². The van der Waals surface area contributed by atoms with Crippen LogP contribution in [0.2, 0.25) is 0 Å². The zero-order chi connectivity index (χ0) is 13.5. The first-order valence-electron chi connectivity index (χ1n) is 6.12. The van der Waals surface area contributed by atoms with Crippen molar-refractivity contribution in [1.29, 1.82) is 0 Å². The van der Waals surface area contributed by atoms with Gasteiger partial charge < -0.3 is 14.8 Å². The minimum atomic E-state index is -0.836. The third-order valence-corrected chi connectivity index (χ3v) is 2.62. The van der Waals surface area contributed by atoms with Crippen LogP contribution in [0.25, 0.3) is 0 Å². The van der Waals surface area contributed by atoms with E-state index in [0.29, 0.717) is 13.0 Å². The Kier molecular flexibility index (Phi) is 5.61. The second-order valence-corrected chi connectivity index (χ2v) is 4.56. The molecule has 0 radical (unpaired) electrons. The number of carbonyl (C=O) groups is 3. The monoisotopic (exact) mass is 257 g/mol. The van der Waals surface area contributed by atoms with Crippen molar-refractivity contribution in [2.24, 2.45) is 5.92 Å². The van der Waals surface area contributed by atoms with Crippen LogP contribution < -0.4 is 5.32 Å². The Balaban J connectivity index is 2.14. The van der Waals surface area contributed by atoms with Gasteiger partial charge in [0.2, 0.25) is 5.91 Å². The molecule has 1 aliphatic heterocycles. The van der Waals surface area contributed by atoms with Crippen LogP contribution in [0.15, 0.2) is 0 Å². The van der Waals surface area contributed by atoms with Gasteiger partial charge in [-0.05, 0) is 26.7 Å². The van der Waals surface area contributed by atoms with Crippen LogP contribution in [0.3, 0.4) is 0 Å². The number of ether oxygens (including phenoxy) is 2. The average Bonchev–Trinajstić information content (AvgIpc) is 2.68. The number of hydrogen-bond acceptors (Lipinski definition) is 5. The van der Waals surface area contributed by atoms with Crippen molar-refractivity contribution in [3.05, 3.63) is 0 Å². The molecule has 1 N–H and O–H groups in total. The fourth-order valence-corrected chi connectivity index (χ4v) is 1.69. The van der Waals surface area contributed by atoms with E-state index in [2.05, 4.69) is 10.1 Å². The summed E-state index contributed by atoms with van der Waals surface area (Å²) >= 11 is 0. The lowest BCUT2D eigenvalue weighted by atomic mass is 10.0.